The standard InChI is InChI=1S/C26H31NO6/c1-16(7-13-22(28)27-14-18-8-10-19(30-3)11-9-18)6-12-20-24(31-4)17(2)21-15-33-26(29)23(21)25(20)32-5/h6,8-11H,7,12-15H2,1-5H3,(H,27,28). The van der Waals surface area contributed by atoms with Gasteiger partial charge in [0.15, 0.2) is 0 Å². The van der Waals surface area contributed by atoms with Crippen LogP contribution in [0.25, 0.3) is 0 Å². The number of carbonyl (C=O) groups is 2. The maximum atomic E-state index is 12.3. The van der Waals surface area contributed by atoms with E-state index in [-0.39, 0.29) is 18.5 Å². The normalized spacial score (nSPS) is 12.8. The van der Waals surface area contributed by atoms with Gasteiger partial charge in [-0.1, -0.05) is 23.8 Å². The van der Waals surface area contributed by atoms with Gasteiger partial charge in [-0.2, -0.15) is 0 Å². The second-order valence-corrected chi connectivity index (χ2v) is 7.98. The van der Waals surface area contributed by atoms with E-state index in [0.29, 0.717) is 42.9 Å². The summed E-state index contributed by atoms with van der Waals surface area (Å²) in [6.45, 7) is 4.62. The van der Waals surface area contributed by atoms with E-state index < -0.39 is 0 Å². The first-order chi connectivity index (χ1) is 15.9. The number of amides is 1. The molecule has 1 amide bonds. The van der Waals surface area contributed by atoms with E-state index in [9.17, 15) is 9.59 Å². The number of methoxy groups -OCH3 is 3. The van der Waals surface area contributed by atoms with E-state index in [1.807, 2.05) is 44.2 Å². The van der Waals surface area contributed by atoms with Gasteiger partial charge in [-0.25, -0.2) is 4.79 Å². The number of allylic oxidation sites excluding steroid dienone is 2. The average Bonchev–Trinajstić information content (AvgIpc) is 3.22. The van der Waals surface area contributed by atoms with Crippen molar-refractivity contribution >= 4 is 11.9 Å². The molecule has 0 atom stereocenters. The molecule has 176 valence electrons. The smallest absolute Gasteiger partial charge is 0.342 e. The van der Waals surface area contributed by atoms with Crippen LogP contribution in [0.4, 0.5) is 0 Å². The summed E-state index contributed by atoms with van der Waals surface area (Å²) in [6, 6.07) is 7.60. The number of cyclic esters (lactones) is 1. The number of hydrogen-bond donors (Lipinski definition) is 1. The molecule has 0 unspecified atom stereocenters. The first kappa shape index (κ1) is 24.2. The van der Waals surface area contributed by atoms with Gasteiger partial charge >= 0.3 is 5.97 Å². The molecule has 2 aromatic rings. The lowest BCUT2D eigenvalue weighted by Crippen LogP contribution is -2.22. The Morgan fingerprint density at radius 3 is 2.39 bits per heavy atom. The zero-order chi connectivity index (χ0) is 24.0. The third-order valence-corrected chi connectivity index (χ3v) is 5.88. The van der Waals surface area contributed by atoms with Crippen molar-refractivity contribution in [2.75, 3.05) is 21.3 Å². The lowest BCUT2D eigenvalue weighted by atomic mass is 9.94. The summed E-state index contributed by atoms with van der Waals surface area (Å²) >= 11 is 0. The maximum Gasteiger partial charge on any atom is 0.342 e. The molecular weight excluding hydrogens is 422 g/mol. The van der Waals surface area contributed by atoms with E-state index in [0.717, 1.165) is 33.6 Å². The zero-order valence-corrected chi connectivity index (χ0v) is 19.9. The number of carbonyl (C=O) groups excluding carboxylic acids is 2. The summed E-state index contributed by atoms with van der Waals surface area (Å²) in [4.78, 5) is 24.5. The van der Waals surface area contributed by atoms with Crippen molar-refractivity contribution in [3.8, 4) is 17.2 Å². The van der Waals surface area contributed by atoms with E-state index in [1.165, 1.54) is 0 Å². The van der Waals surface area contributed by atoms with Gasteiger partial charge in [0.1, 0.15) is 29.4 Å². The summed E-state index contributed by atoms with van der Waals surface area (Å²) in [6.07, 6.45) is 3.59. The highest BCUT2D eigenvalue weighted by Crippen LogP contribution is 2.42. The fourth-order valence-electron chi connectivity index (χ4n) is 3.96. The molecule has 7 heteroatoms. The Bertz CT molecular complexity index is 1060. The minimum Gasteiger partial charge on any atom is -0.497 e. The molecule has 7 nitrogen and oxygen atoms in total. The topological polar surface area (TPSA) is 83.1 Å². The van der Waals surface area contributed by atoms with Crippen LogP contribution in [0.2, 0.25) is 0 Å². The first-order valence-electron chi connectivity index (χ1n) is 10.9. The molecule has 0 bridgehead atoms. The van der Waals surface area contributed by atoms with Crippen LogP contribution in [0, 0.1) is 6.92 Å². The molecule has 1 N–H and O–H groups in total. The molecule has 3 rings (SSSR count). The van der Waals surface area contributed by atoms with Gasteiger partial charge in [-0.3, -0.25) is 4.79 Å². The summed E-state index contributed by atoms with van der Waals surface area (Å²) in [7, 11) is 4.78. The predicted octanol–water partition coefficient (Wildman–Crippen LogP) is 4.28. The van der Waals surface area contributed by atoms with E-state index >= 15 is 0 Å². The van der Waals surface area contributed by atoms with Crippen molar-refractivity contribution < 1.29 is 28.5 Å². The molecule has 2 aromatic carbocycles. The van der Waals surface area contributed by atoms with Crippen molar-refractivity contribution in [1.29, 1.82) is 0 Å². The van der Waals surface area contributed by atoms with Gasteiger partial charge in [-0.15, -0.1) is 0 Å². The van der Waals surface area contributed by atoms with Crippen LogP contribution in [-0.2, 0) is 29.1 Å². The van der Waals surface area contributed by atoms with Crippen molar-refractivity contribution in [2.45, 2.75) is 46.3 Å². The quantitative estimate of drug-likeness (QED) is 0.427. The molecule has 0 aliphatic carbocycles. The lowest BCUT2D eigenvalue weighted by molar-refractivity contribution is -0.121. The number of ether oxygens (including phenoxy) is 4. The molecule has 0 fully saturated rings. The van der Waals surface area contributed by atoms with Gasteiger partial charge in [0.05, 0.1) is 21.3 Å². The number of rotatable bonds is 10. The van der Waals surface area contributed by atoms with Crippen molar-refractivity contribution in [1.82, 2.24) is 5.32 Å². The van der Waals surface area contributed by atoms with Crippen molar-refractivity contribution in [3.05, 3.63) is 63.7 Å². The summed E-state index contributed by atoms with van der Waals surface area (Å²) in [5.74, 6) is 1.60. The van der Waals surface area contributed by atoms with Crippen molar-refractivity contribution in [2.24, 2.45) is 0 Å². The van der Waals surface area contributed by atoms with Crippen LogP contribution >= 0.6 is 0 Å². The summed E-state index contributed by atoms with van der Waals surface area (Å²) in [5, 5.41) is 2.94. The van der Waals surface area contributed by atoms with Gasteiger partial charge in [-0.05, 0) is 49.9 Å². The number of fused-ring (bicyclic) bond motifs is 1. The van der Waals surface area contributed by atoms with Crippen LogP contribution in [0.5, 0.6) is 17.2 Å². The maximum absolute atomic E-state index is 12.3. The Hall–Kier alpha value is -3.48. The fourth-order valence-corrected chi connectivity index (χ4v) is 3.96. The van der Waals surface area contributed by atoms with Gasteiger partial charge in [0.25, 0.3) is 0 Å². The zero-order valence-electron chi connectivity index (χ0n) is 19.9. The summed E-state index contributed by atoms with van der Waals surface area (Å²) < 4.78 is 21.6. The second kappa shape index (κ2) is 10.9. The van der Waals surface area contributed by atoms with Gasteiger partial charge in [0.2, 0.25) is 5.91 Å². The molecule has 1 heterocycles. The van der Waals surface area contributed by atoms with Crippen LogP contribution in [0.1, 0.15) is 52.4 Å². The molecule has 0 spiro atoms. The predicted molar refractivity (Wildman–Crippen MR) is 125 cm³/mol. The first-order valence-corrected chi connectivity index (χ1v) is 10.9. The van der Waals surface area contributed by atoms with E-state index in [1.54, 1.807) is 21.3 Å². The van der Waals surface area contributed by atoms with Crippen LogP contribution in [-0.4, -0.2) is 33.2 Å². The Morgan fingerprint density at radius 1 is 1.06 bits per heavy atom. The van der Waals surface area contributed by atoms with Crippen LogP contribution < -0.4 is 19.5 Å². The monoisotopic (exact) mass is 453 g/mol. The Labute approximate surface area is 194 Å². The number of esters is 1. The van der Waals surface area contributed by atoms with Crippen molar-refractivity contribution in [3.63, 3.8) is 0 Å². The highest BCUT2D eigenvalue weighted by molar-refractivity contribution is 5.98. The Balaban J connectivity index is 1.62. The molecular formula is C26H31NO6. The highest BCUT2D eigenvalue weighted by atomic mass is 16.5. The minimum absolute atomic E-state index is 0.00940. The number of benzene rings is 2. The van der Waals surface area contributed by atoms with Crippen LogP contribution in [0.3, 0.4) is 0 Å². The average molecular weight is 454 g/mol. The molecule has 0 radical (unpaired) electrons. The number of hydrogen-bond acceptors (Lipinski definition) is 6. The third kappa shape index (κ3) is 5.48. The van der Waals surface area contributed by atoms with Gasteiger partial charge in [0, 0.05) is 24.1 Å². The minimum atomic E-state index is -0.372. The number of nitrogens with one attached hydrogen (secondary N) is 1. The Morgan fingerprint density at radius 2 is 1.76 bits per heavy atom. The second-order valence-electron chi connectivity index (χ2n) is 7.98. The SMILES string of the molecule is COc1ccc(CNC(=O)CCC(C)=CCc2c(OC)c(C)c3c(c2OC)C(=O)OC3)cc1. The Kier molecular flexibility index (Phi) is 7.98. The molecule has 1 aliphatic rings. The van der Waals surface area contributed by atoms with E-state index in [4.69, 9.17) is 18.9 Å². The molecule has 0 saturated carbocycles. The fraction of sp³-hybridized carbons (Fsp3) is 0.385. The molecule has 0 aromatic heterocycles. The van der Waals surface area contributed by atoms with Gasteiger partial charge < -0.3 is 24.3 Å². The van der Waals surface area contributed by atoms with E-state index in [2.05, 4.69) is 5.32 Å². The highest BCUT2D eigenvalue weighted by Gasteiger charge is 2.32. The molecule has 33 heavy (non-hydrogen) atoms. The summed E-state index contributed by atoms with van der Waals surface area (Å²) in [5.41, 5.74) is 5.07. The lowest BCUT2D eigenvalue weighted by Gasteiger charge is -2.18. The molecule has 1 aliphatic heterocycles. The third-order valence-electron chi connectivity index (χ3n) is 5.88. The molecule has 0 saturated heterocycles. The largest absolute Gasteiger partial charge is 0.497 e. The van der Waals surface area contributed by atoms with Crippen LogP contribution in [0.15, 0.2) is 35.9 Å².